The van der Waals surface area contributed by atoms with Gasteiger partial charge in [0.1, 0.15) is 0 Å². The van der Waals surface area contributed by atoms with Gasteiger partial charge in [0, 0.05) is 18.8 Å². The van der Waals surface area contributed by atoms with E-state index in [1.54, 1.807) is 4.68 Å². The summed E-state index contributed by atoms with van der Waals surface area (Å²) in [6.45, 7) is 2.90. The van der Waals surface area contributed by atoms with Crippen LogP contribution in [-0.4, -0.2) is 44.5 Å². The summed E-state index contributed by atoms with van der Waals surface area (Å²) in [5.74, 6) is 0. The van der Waals surface area contributed by atoms with Crippen LogP contribution >= 0.6 is 0 Å². The van der Waals surface area contributed by atoms with Gasteiger partial charge in [-0.25, -0.2) is 4.79 Å². The fraction of sp³-hybridized carbons (Fsp3) is 0.600. The van der Waals surface area contributed by atoms with Crippen LogP contribution in [0.3, 0.4) is 0 Å². The van der Waals surface area contributed by atoms with Crippen molar-refractivity contribution in [3.63, 3.8) is 0 Å². The largest absolute Gasteiger partial charge is 0.465 e. The topological polar surface area (TPSA) is 84.4 Å². The average Bonchev–Trinajstić information content (AvgIpc) is 2.74. The monoisotopic (exact) mass is 224 g/mol. The smallest absolute Gasteiger partial charge is 0.407 e. The van der Waals surface area contributed by atoms with E-state index in [4.69, 9.17) is 10.8 Å². The molecule has 0 aromatic carbocycles. The number of carboxylic acid groups (broad SMARTS) is 1. The third-order valence-corrected chi connectivity index (χ3v) is 2.86. The minimum absolute atomic E-state index is 0.0576. The SMILES string of the molecule is Cc1ccn(C[C@@H]2C[C@@H](N)CN2C(=O)O)n1. The number of amides is 1. The van der Waals surface area contributed by atoms with Gasteiger partial charge in [-0.2, -0.15) is 5.10 Å². The van der Waals surface area contributed by atoms with E-state index >= 15 is 0 Å². The van der Waals surface area contributed by atoms with Crippen LogP contribution < -0.4 is 5.73 Å². The second-order valence-corrected chi connectivity index (χ2v) is 4.26. The predicted octanol–water partition coefficient (Wildman–Crippen LogP) is 0.271. The summed E-state index contributed by atoms with van der Waals surface area (Å²) in [5.41, 5.74) is 6.71. The number of nitrogens with two attached hydrogens (primary N) is 1. The minimum atomic E-state index is -0.901. The second kappa shape index (κ2) is 4.13. The van der Waals surface area contributed by atoms with E-state index in [2.05, 4.69) is 5.10 Å². The molecule has 0 radical (unpaired) electrons. The maximum absolute atomic E-state index is 11.0. The molecule has 1 aliphatic heterocycles. The van der Waals surface area contributed by atoms with E-state index in [1.165, 1.54) is 4.90 Å². The molecule has 1 fully saturated rings. The van der Waals surface area contributed by atoms with Crippen LogP contribution in [0.4, 0.5) is 4.79 Å². The van der Waals surface area contributed by atoms with Crippen molar-refractivity contribution in [1.29, 1.82) is 0 Å². The normalized spacial score (nSPS) is 25.0. The van der Waals surface area contributed by atoms with Crippen molar-refractivity contribution in [2.75, 3.05) is 6.54 Å². The number of aromatic nitrogens is 2. The lowest BCUT2D eigenvalue weighted by Crippen LogP contribution is -2.37. The molecule has 2 atom stereocenters. The first-order valence-electron chi connectivity index (χ1n) is 5.31. The Morgan fingerprint density at radius 2 is 2.50 bits per heavy atom. The van der Waals surface area contributed by atoms with Gasteiger partial charge in [-0.15, -0.1) is 0 Å². The molecule has 6 heteroatoms. The first-order valence-corrected chi connectivity index (χ1v) is 5.31. The Hall–Kier alpha value is -1.56. The summed E-state index contributed by atoms with van der Waals surface area (Å²) in [5, 5.41) is 13.3. The van der Waals surface area contributed by atoms with Crippen LogP contribution in [0.15, 0.2) is 12.3 Å². The highest BCUT2D eigenvalue weighted by Crippen LogP contribution is 2.18. The number of carbonyl (C=O) groups is 1. The molecule has 88 valence electrons. The zero-order valence-electron chi connectivity index (χ0n) is 9.21. The van der Waals surface area contributed by atoms with Crippen LogP contribution in [0.5, 0.6) is 0 Å². The lowest BCUT2D eigenvalue weighted by Gasteiger charge is -2.20. The van der Waals surface area contributed by atoms with Crippen LogP contribution in [-0.2, 0) is 6.54 Å². The third-order valence-electron chi connectivity index (χ3n) is 2.86. The number of hydrogen-bond donors (Lipinski definition) is 2. The van der Waals surface area contributed by atoms with Gasteiger partial charge in [0.05, 0.1) is 18.3 Å². The highest BCUT2D eigenvalue weighted by atomic mass is 16.4. The average molecular weight is 224 g/mol. The van der Waals surface area contributed by atoms with Gasteiger partial charge in [-0.3, -0.25) is 4.68 Å². The molecule has 6 nitrogen and oxygen atoms in total. The van der Waals surface area contributed by atoms with Crippen molar-refractivity contribution in [2.24, 2.45) is 5.73 Å². The quantitative estimate of drug-likeness (QED) is 0.755. The summed E-state index contributed by atoms with van der Waals surface area (Å²) in [6.07, 6.45) is 1.66. The standard InChI is InChI=1S/C10H16N4O2/c1-7-2-3-13(12-7)6-9-4-8(11)5-14(9)10(15)16/h2-3,8-9H,4-6,11H2,1H3,(H,15,16)/t8-,9+/m1/s1. The van der Waals surface area contributed by atoms with Gasteiger partial charge in [-0.1, -0.05) is 0 Å². The molecule has 1 saturated heterocycles. The molecule has 0 unspecified atom stereocenters. The van der Waals surface area contributed by atoms with Crippen molar-refractivity contribution in [2.45, 2.75) is 32.0 Å². The van der Waals surface area contributed by atoms with Crippen LogP contribution in [0, 0.1) is 6.92 Å². The van der Waals surface area contributed by atoms with Crippen molar-refractivity contribution in [1.82, 2.24) is 14.7 Å². The van der Waals surface area contributed by atoms with E-state index in [0.717, 1.165) is 5.69 Å². The Balaban J connectivity index is 2.05. The molecular formula is C10H16N4O2. The number of aryl methyl sites for hydroxylation is 1. The van der Waals surface area contributed by atoms with Gasteiger partial charge in [-0.05, 0) is 19.4 Å². The lowest BCUT2D eigenvalue weighted by molar-refractivity contribution is 0.135. The summed E-state index contributed by atoms with van der Waals surface area (Å²) >= 11 is 0. The van der Waals surface area contributed by atoms with Crippen molar-refractivity contribution in [3.05, 3.63) is 18.0 Å². The van der Waals surface area contributed by atoms with E-state index in [-0.39, 0.29) is 12.1 Å². The molecule has 1 aromatic heterocycles. The predicted molar refractivity (Wildman–Crippen MR) is 58.1 cm³/mol. The second-order valence-electron chi connectivity index (χ2n) is 4.26. The van der Waals surface area contributed by atoms with Gasteiger partial charge in [0.25, 0.3) is 0 Å². The molecule has 1 aromatic rings. The minimum Gasteiger partial charge on any atom is -0.465 e. The Kier molecular flexibility index (Phi) is 2.82. The summed E-state index contributed by atoms with van der Waals surface area (Å²) in [6, 6.07) is 1.78. The van der Waals surface area contributed by atoms with Crippen molar-refractivity contribution < 1.29 is 9.90 Å². The lowest BCUT2D eigenvalue weighted by atomic mass is 10.2. The number of nitrogens with zero attached hydrogens (tertiary/aromatic N) is 3. The van der Waals surface area contributed by atoms with E-state index < -0.39 is 6.09 Å². The van der Waals surface area contributed by atoms with E-state index in [1.807, 2.05) is 19.2 Å². The summed E-state index contributed by atoms with van der Waals surface area (Å²) in [7, 11) is 0. The summed E-state index contributed by atoms with van der Waals surface area (Å²) in [4.78, 5) is 12.4. The maximum atomic E-state index is 11.0. The number of rotatable bonds is 2. The highest BCUT2D eigenvalue weighted by Gasteiger charge is 2.33. The van der Waals surface area contributed by atoms with Crippen LogP contribution in [0.25, 0.3) is 0 Å². The third kappa shape index (κ3) is 2.16. The number of hydrogen-bond acceptors (Lipinski definition) is 3. The van der Waals surface area contributed by atoms with Crippen LogP contribution in [0.2, 0.25) is 0 Å². The molecule has 0 aliphatic carbocycles. The molecule has 3 N–H and O–H groups in total. The van der Waals surface area contributed by atoms with Gasteiger partial charge in [0.2, 0.25) is 0 Å². The molecule has 0 spiro atoms. The molecule has 2 rings (SSSR count). The maximum Gasteiger partial charge on any atom is 0.407 e. The van der Waals surface area contributed by atoms with Crippen molar-refractivity contribution in [3.8, 4) is 0 Å². The van der Waals surface area contributed by atoms with Gasteiger partial charge in [0.15, 0.2) is 0 Å². The van der Waals surface area contributed by atoms with Gasteiger partial charge >= 0.3 is 6.09 Å². The van der Waals surface area contributed by atoms with E-state index in [0.29, 0.717) is 19.5 Å². The van der Waals surface area contributed by atoms with Gasteiger partial charge < -0.3 is 15.7 Å². The highest BCUT2D eigenvalue weighted by molar-refractivity contribution is 5.66. The zero-order chi connectivity index (χ0) is 11.7. The molecule has 0 bridgehead atoms. The molecule has 16 heavy (non-hydrogen) atoms. The Morgan fingerprint density at radius 3 is 3.06 bits per heavy atom. The van der Waals surface area contributed by atoms with Crippen molar-refractivity contribution >= 4 is 6.09 Å². The first kappa shape index (κ1) is 10.9. The number of likely N-dealkylation sites (tertiary alicyclic amines) is 1. The summed E-state index contributed by atoms with van der Waals surface area (Å²) < 4.78 is 1.77. The van der Waals surface area contributed by atoms with E-state index in [9.17, 15) is 4.79 Å². The zero-order valence-corrected chi connectivity index (χ0v) is 9.21. The Labute approximate surface area is 93.6 Å². The molecule has 1 aliphatic rings. The molecule has 2 heterocycles. The molecular weight excluding hydrogens is 208 g/mol. The fourth-order valence-electron chi connectivity index (χ4n) is 2.14. The Bertz CT molecular complexity index is 390. The first-order chi connectivity index (χ1) is 7.56. The molecule has 0 saturated carbocycles. The Morgan fingerprint density at radius 1 is 1.75 bits per heavy atom. The van der Waals surface area contributed by atoms with Crippen LogP contribution in [0.1, 0.15) is 12.1 Å². The molecule has 1 amide bonds. The fourth-order valence-corrected chi connectivity index (χ4v) is 2.14.